The lowest BCUT2D eigenvalue weighted by atomic mass is 10.0. The molecular formula is C9H18. The molecule has 54 valence electrons. The molecule has 0 aromatic carbocycles. The van der Waals surface area contributed by atoms with Crippen molar-refractivity contribution in [2.75, 3.05) is 0 Å². The first-order chi connectivity index (χ1) is 3.75. The largest absolute Gasteiger partial charge is 0.0588 e. The first kappa shape index (κ1) is 7.11. The van der Waals surface area contributed by atoms with E-state index in [1.54, 1.807) is 0 Å². The molecule has 0 saturated heterocycles. The fourth-order valence-corrected chi connectivity index (χ4v) is 1.88. The van der Waals surface area contributed by atoms with Gasteiger partial charge in [-0.25, -0.2) is 0 Å². The molecule has 1 saturated carbocycles. The SMILES string of the molecule is CC1(C)C(C)(C)C1(C)C. The number of hydrogen-bond acceptors (Lipinski definition) is 0. The van der Waals surface area contributed by atoms with Crippen molar-refractivity contribution in [2.24, 2.45) is 16.2 Å². The predicted molar refractivity (Wildman–Crippen MR) is 41.3 cm³/mol. The monoisotopic (exact) mass is 126 g/mol. The summed E-state index contributed by atoms with van der Waals surface area (Å²) in [5.41, 5.74) is 1.62. The third-order valence-corrected chi connectivity index (χ3v) is 4.62. The van der Waals surface area contributed by atoms with Crippen LogP contribution in [0, 0.1) is 16.2 Å². The zero-order chi connectivity index (χ0) is 7.50. The Hall–Kier alpha value is 0. The highest BCUT2D eigenvalue weighted by atomic mass is 14.7. The van der Waals surface area contributed by atoms with Gasteiger partial charge in [0.1, 0.15) is 0 Å². The summed E-state index contributed by atoms with van der Waals surface area (Å²) < 4.78 is 0. The second kappa shape index (κ2) is 1.21. The Kier molecular flexibility index (Phi) is 0.956. The second-order valence-corrected chi connectivity index (χ2v) is 4.88. The molecule has 0 unspecified atom stereocenters. The molecule has 0 heteroatoms. The highest BCUT2D eigenvalue weighted by Gasteiger charge is 2.70. The molecule has 0 aromatic rings. The van der Waals surface area contributed by atoms with Crippen LogP contribution < -0.4 is 0 Å². The third-order valence-electron chi connectivity index (χ3n) is 4.62. The molecule has 9 heavy (non-hydrogen) atoms. The van der Waals surface area contributed by atoms with Gasteiger partial charge >= 0.3 is 0 Å². The Bertz CT molecular complexity index is 97.6. The molecule has 1 fully saturated rings. The Morgan fingerprint density at radius 2 is 0.556 bits per heavy atom. The van der Waals surface area contributed by atoms with Gasteiger partial charge in [0.2, 0.25) is 0 Å². The van der Waals surface area contributed by atoms with Gasteiger partial charge in [-0.2, -0.15) is 0 Å². The maximum atomic E-state index is 2.35. The van der Waals surface area contributed by atoms with Gasteiger partial charge in [-0.3, -0.25) is 0 Å². The molecule has 1 aliphatic rings. The van der Waals surface area contributed by atoms with Gasteiger partial charge in [0, 0.05) is 0 Å². The molecule has 0 spiro atoms. The van der Waals surface area contributed by atoms with E-state index >= 15 is 0 Å². The molecule has 0 atom stereocenters. The summed E-state index contributed by atoms with van der Waals surface area (Å²) in [5.74, 6) is 0. The topological polar surface area (TPSA) is 0 Å². The highest BCUT2D eigenvalue weighted by Crippen LogP contribution is 2.77. The van der Waals surface area contributed by atoms with E-state index in [4.69, 9.17) is 0 Å². The Morgan fingerprint density at radius 3 is 0.556 bits per heavy atom. The molecule has 0 nitrogen and oxygen atoms in total. The minimum atomic E-state index is 0.542. The van der Waals surface area contributed by atoms with Crippen molar-refractivity contribution >= 4 is 0 Å². The Labute approximate surface area is 58.7 Å². The van der Waals surface area contributed by atoms with Gasteiger partial charge in [0.05, 0.1) is 0 Å². The van der Waals surface area contributed by atoms with Crippen molar-refractivity contribution in [3.05, 3.63) is 0 Å². The molecule has 0 radical (unpaired) electrons. The molecule has 0 bridgehead atoms. The van der Waals surface area contributed by atoms with E-state index < -0.39 is 0 Å². The van der Waals surface area contributed by atoms with Crippen LogP contribution in [0.2, 0.25) is 0 Å². The molecule has 1 aliphatic carbocycles. The summed E-state index contributed by atoms with van der Waals surface area (Å²) in [7, 11) is 0. The lowest BCUT2D eigenvalue weighted by Gasteiger charge is -2.03. The number of hydrogen-bond donors (Lipinski definition) is 0. The average Bonchev–Trinajstić information content (AvgIpc) is 1.84. The van der Waals surface area contributed by atoms with Gasteiger partial charge in [0.25, 0.3) is 0 Å². The van der Waals surface area contributed by atoms with Crippen LogP contribution in [0.3, 0.4) is 0 Å². The minimum Gasteiger partial charge on any atom is -0.0588 e. The van der Waals surface area contributed by atoms with Crippen molar-refractivity contribution in [1.82, 2.24) is 0 Å². The lowest BCUT2D eigenvalue weighted by molar-refractivity contribution is 0.457. The fourth-order valence-electron chi connectivity index (χ4n) is 1.88. The van der Waals surface area contributed by atoms with E-state index in [1.807, 2.05) is 0 Å². The van der Waals surface area contributed by atoms with Crippen molar-refractivity contribution < 1.29 is 0 Å². The standard InChI is InChI=1S/C9H18/c1-7(2)8(3,4)9(7,5)6/h1-6H3. The summed E-state index contributed by atoms with van der Waals surface area (Å²) in [6, 6.07) is 0. The predicted octanol–water partition coefficient (Wildman–Crippen LogP) is 3.08. The van der Waals surface area contributed by atoms with Crippen LogP contribution in [0.1, 0.15) is 41.5 Å². The molecule has 0 N–H and O–H groups in total. The quantitative estimate of drug-likeness (QED) is 0.468. The van der Waals surface area contributed by atoms with Gasteiger partial charge in [-0.15, -0.1) is 0 Å². The minimum absolute atomic E-state index is 0.542. The average molecular weight is 126 g/mol. The lowest BCUT2D eigenvalue weighted by Crippen LogP contribution is -1.95. The van der Waals surface area contributed by atoms with Crippen molar-refractivity contribution in [3.8, 4) is 0 Å². The van der Waals surface area contributed by atoms with Crippen molar-refractivity contribution in [2.45, 2.75) is 41.5 Å². The first-order valence-corrected chi connectivity index (χ1v) is 3.75. The van der Waals surface area contributed by atoms with E-state index in [1.165, 1.54) is 0 Å². The summed E-state index contributed by atoms with van der Waals surface area (Å²) in [4.78, 5) is 0. The number of rotatable bonds is 0. The molecule has 0 aliphatic heterocycles. The van der Waals surface area contributed by atoms with E-state index in [9.17, 15) is 0 Å². The van der Waals surface area contributed by atoms with Gasteiger partial charge in [-0.05, 0) is 16.2 Å². The molecule has 0 aromatic heterocycles. The maximum absolute atomic E-state index is 2.35. The van der Waals surface area contributed by atoms with Crippen LogP contribution in [0.25, 0.3) is 0 Å². The third kappa shape index (κ3) is 0.461. The van der Waals surface area contributed by atoms with E-state index in [0.29, 0.717) is 16.2 Å². The van der Waals surface area contributed by atoms with Crippen LogP contribution in [0.4, 0.5) is 0 Å². The van der Waals surface area contributed by atoms with Crippen molar-refractivity contribution in [3.63, 3.8) is 0 Å². The van der Waals surface area contributed by atoms with Gasteiger partial charge < -0.3 is 0 Å². The van der Waals surface area contributed by atoms with Crippen molar-refractivity contribution in [1.29, 1.82) is 0 Å². The fraction of sp³-hybridized carbons (Fsp3) is 1.00. The molecule has 1 rings (SSSR count). The van der Waals surface area contributed by atoms with Gasteiger partial charge in [0.15, 0.2) is 0 Å². The molecule has 0 heterocycles. The van der Waals surface area contributed by atoms with Crippen LogP contribution in [0.5, 0.6) is 0 Å². The first-order valence-electron chi connectivity index (χ1n) is 3.75. The summed E-state index contributed by atoms with van der Waals surface area (Å²) in [6.07, 6.45) is 0. The highest BCUT2D eigenvalue weighted by molar-refractivity contribution is 5.18. The second-order valence-electron chi connectivity index (χ2n) is 4.88. The van der Waals surface area contributed by atoms with Crippen LogP contribution in [-0.4, -0.2) is 0 Å². The Balaban J connectivity index is 2.91. The Morgan fingerprint density at radius 1 is 0.444 bits per heavy atom. The van der Waals surface area contributed by atoms with E-state index in [2.05, 4.69) is 41.5 Å². The van der Waals surface area contributed by atoms with Gasteiger partial charge in [-0.1, -0.05) is 41.5 Å². The van der Waals surface area contributed by atoms with Crippen LogP contribution in [0.15, 0.2) is 0 Å². The summed E-state index contributed by atoms with van der Waals surface area (Å²) in [5, 5.41) is 0. The summed E-state index contributed by atoms with van der Waals surface area (Å²) in [6.45, 7) is 14.1. The smallest absolute Gasteiger partial charge is 0.0241 e. The molecular weight excluding hydrogens is 108 g/mol. The summed E-state index contributed by atoms with van der Waals surface area (Å²) >= 11 is 0. The van der Waals surface area contributed by atoms with E-state index in [-0.39, 0.29) is 0 Å². The maximum Gasteiger partial charge on any atom is -0.0241 e. The zero-order valence-electron chi connectivity index (χ0n) is 7.50. The molecule has 0 amide bonds. The van der Waals surface area contributed by atoms with Crippen LogP contribution in [-0.2, 0) is 0 Å². The normalized spacial score (nSPS) is 34.0. The van der Waals surface area contributed by atoms with E-state index in [0.717, 1.165) is 0 Å². The van der Waals surface area contributed by atoms with Crippen LogP contribution >= 0.6 is 0 Å². The zero-order valence-corrected chi connectivity index (χ0v) is 7.50.